The summed E-state index contributed by atoms with van der Waals surface area (Å²) in [5.74, 6) is 0.0611. The second kappa shape index (κ2) is 5.33. The summed E-state index contributed by atoms with van der Waals surface area (Å²) in [5.41, 5.74) is -0.293. The van der Waals surface area contributed by atoms with E-state index in [-0.39, 0.29) is 12.0 Å². The number of hydrogen-bond acceptors (Lipinski definition) is 4. The molecule has 1 aromatic rings. The Morgan fingerprint density at radius 1 is 1.44 bits per heavy atom. The van der Waals surface area contributed by atoms with Crippen molar-refractivity contribution >= 4 is 11.8 Å². The van der Waals surface area contributed by atoms with E-state index in [1.807, 2.05) is 18.0 Å². The summed E-state index contributed by atoms with van der Waals surface area (Å²) in [6.07, 6.45) is 8.57. The van der Waals surface area contributed by atoms with Crippen molar-refractivity contribution < 1.29 is 9.90 Å². The highest BCUT2D eigenvalue weighted by Gasteiger charge is 2.38. The summed E-state index contributed by atoms with van der Waals surface area (Å²) >= 11 is 0. The maximum atomic E-state index is 11.1. The van der Waals surface area contributed by atoms with Crippen LogP contribution in [0.4, 0.5) is 5.82 Å². The highest BCUT2D eigenvalue weighted by Crippen LogP contribution is 2.37. The van der Waals surface area contributed by atoms with E-state index in [1.54, 1.807) is 6.20 Å². The van der Waals surface area contributed by atoms with Crippen molar-refractivity contribution in [2.24, 2.45) is 0 Å². The molecule has 0 amide bonds. The second-order valence-corrected chi connectivity index (χ2v) is 4.98. The lowest BCUT2D eigenvalue weighted by atomic mass is 9.78. The standard InChI is InChI=1S/C13H19N3O2/c1-16(11-5-8-14-10-15-11)13(9-12(17)18)6-3-2-4-7-13/h5,8,10H,2-4,6-7,9H2,1H3,(H,17,18). The lowest BCUT2D eigenvalue weighted by molar-refractivity contribution is -0.138. The Bertz CT molecular complexity index is 402. The molecule has 0 unspecified atom stereocenters. The van der Waals surface area contributed by atoms with Gasteiger partial charge in [0, 0.05) is 13.2 Å². The summed E-state index contributed by atoms with van der Waals surface area (Å²) in [6, 6.07) is 1.83. The molecule has 1 fully saturated rings. The molecule has 5 nitrogen and oxygen atoms in total. The maximum absolute atomic E-state index is 11.1. The summed E-state index contributed by atoms with van der Waals surface area (Å²) < 4.78 is 0. The molecule has 1 aliphatic carbocycles. The normalized spacial score (nSPS) is 18.3. The van der Waals surface area contributed by atoms with Crippen molar-refractivity contribution in [3.05, 3.63) is 18.6 Å². The van der Waals surface area contributed by atoms with Crippen molar-refractivity contribution in [1.82, 2.24) is 9.97 Å². The lowest BCUT2D eigenvalue weighted by Gasteiger charge is -2.44. The van der Waals surface area contributed by atoms with Crippen LogP contribution in [-0.4, -0.2) is 33.6 Å². The second-order valence-electron chi connectivity index (χ2n) is 4.98. The maximum Gasteiger partial charge on any atom is 0.305 e. The smallest absolute Gasteiger partial charge is 0.305 e. The number of carboxylic acids is 1. The molecular weight excluding hydrogens is 230 g/mol. The van der Waals surface area contributed by atoms with Gasteiger partial charge in [-0.25, -0.2) is 9.97 Å². The summed E-state index contributed by atoms with van der Waals surface area (Å²) in [5, 5.41) is 9.17. The summed E-state index contributed by atoms with van der Waals surface area (Å²) in [6.45, 7) is 0. The molecule has 0 saturated heterocycles. The Morgan fingerprint density at radius 2 is 2.17 bits per heavy atom. The molecule has 0 radical (unpaired) electrons. The van der Waals surface area contributed by atoms with E-state index >= 15 is 0 Å². The van der Waals surface area contributed by atoms with Crippen molar-refractivity contribution in [2.75, 3.05) is 11.9 Å². The molecule has 0 bridgehead atoms. The Labute approximate surface area is 107 Å². The van der Waals surface area contributed by atoms with Crippen LogP contribution in [0.2, 0.25) is 0 Å². The number of anilines is 1. The van der Waals surface area contributed by atoms with Crippen LogP contribution in [0, 0.1) is 0 Å². The van der Waals surface area contributed by atoms with Gasteiger partial charge in [-0.15, -0.1) is 0 Å². The van der Waals surface area contributed by atoms with Gasteiger partial charge in [0.05, 0.1) is 12.0 Å². The number of aliphatic carboxylic acids is 1. The zero-order valence-corrected chi connectivity index (χ0v) is 10.7. The molecule has 5 heteroatoms. The first kappa shape index (κ1) is 12.8. The molecule has 98 valence electrons. The van der Waals surface area contributed by atoms with Crippen LogP contribution in [0.1, 0.15) is 38.5 Å². The number of rotatable bonds is 4. The van der Waals surface area contributed by atoms with E-state index in [2.05, 4.69) is 9.97 Å². The van der Waals surface area contributed by atoms with Gasteiger partial charge in [0.2, 0.25) is 0 Å². The number of aromatic nitrogens is 2. The predicted molar refractivity (Wildman–Crippen MR) is 68.5 cm³/mol. The highest BCUT2D eigenvalue weighted by molar-refractivity contribution is 5.69. The monoisotopic (exact) mass is 249 g/mol. The van der Waals surface area contributed by atoms with Gasteiger partial charge in [0.1, 0.15) is 12.1 Å². The van der Waals surface area contributed by atoms with Gasteiger partial charge >= 0.3 is 5.97 Å². The average Bonchev–Trinajstić information content (AvgIpc) is 2.39. The van der Waals surface area contributed by atoms with E-state index in [1.165, 1.54) is 12.7 Å². The third-order valence-electron chi connectivity index (χ3n) is 3.89. The molecule has 1 aliphatic rings. The molecule has 0 atom stereocenters. The zero-order valence-electron chi connectivity index (χ0n) is 10.7. The number of nitrogens with zero attached hydrogens (tertiary/aromatic N) is 3. The van der Waals surface area contributed by atoms with E-state index in [4.69, 9.17) is 5.11 Å². The van der Waals surface area contributed by atoms with Crippen molar-refractivity contribution in [2.45, 2.75) is 44.1 Å². The van der Waals surface area contributed by atoms with E-state index in [9.17, 15) is 4.79 Å². The van der Waals surface area contributed by atoms with Crippen LogP contribution in [0.25, 0.3) is 0 Å². The molecule has 1 heterocycles. The highest BCUT2D eigenvalue weighted by atomic mass is 16.4. The average molecular weight is 249 g/mol. The van der Waals surface area contributed by atoms with Crippen molar-refractivity contribution in [1.29, 1.82) is 0 Å². The Balaban J connectivity index is 2.25. The first-order valence-electron chi connectivity index (χ1n) is 6.36. The molecule has 1 N–H and O–H groups in total. The van der Waals surface area contributed by atoms with E-state index in [0.29, 0.717) is 0 Å². The molecule has 0 aromatic carbocycles. The van der Waals surface area contributed by atoms with Crippen molar-refractivity contribution in [3.63, 3.8) is 0 Å². The molecule has 0 spiro atoms. The van der Waals surface area contributed by atoms with Gasteiger partial charge in [-0.2, -0.15) is 0 Å². The third-order valence-corrected chi connectivity index (χ3v) is 3.89. The molecule has 1 aromatic heterocycles. The van der Waals surface area contributed by atoms with Gasteiger partial charge < -0.3 is 10.0 Å². The molecular formula is C13H19N3O2. The lowest BCUT2D eigenvalue weighted by Crippen LogP contribution is -2.50. The Morgan fingerprint density at radius 3 is 2.72 bits per heavy atom. The summed E-state index contributed by atoms with van der Waals surface area (Å²) in [4.78, 5) is 21.3. The van der Waals surface area contributed by atoms with Gasteiger partial charge in [-0.1, -0.05) is 19.3 Å². The minimum Gasteiger partial charge on any atom is -0.481 e. The first-order chi connectivity index (χ1) is 8.64. The molecule has 2 rings (SSSR count). The Kier molecular flexibility index (Phi) is 3.79. The molecule has 0 aliphatic heterocycles. The topological polar surface area (TPSA) is 66.3 Å². The zero-order chi connectivity index (χ0) is 13.0. The van der Waals surface area contributed by atoms with Gasteiger partial charge in [-0.3, -0.25) is 4.79 Å². The fourth-order valence-electron chi connectivity index (χ4n) is 2.85. The van der Waals surface area contributed by atoms with Crippen LogP contribution < -0.4 is 4.90 Å². The largest absolute Gasteiger partial charge is 0.481 e. The number of carboxylic acid groups (broad SMARTS) is 1. The van der Waals surface area contributed by atoms with Crippen LogP contribution in [0.5, 0.6) is 0 Å². The van der Waals surface area contributed by atoms with Crippen LogP contribution >= 0.6 is 0 Å². The first-order valence-corrected chi connectivity index (χ1v) is 6.36. The van der Waals surface area contributed by atoms with Crippen molar-refractivity contribution in [3.8, 4) is 0 Å². The summed E-state index contributed by atoms with van der Waals surface area (Å²) in [7, 11) is 1.94. The number of hydrogen-bond donors (Lipinski definition) is 1. The third kappa shape index (κ3) is 2.60. The quantitative estimate of drug-likeness (QED) is 0.885. The van der Waals surface area contributed by atoms with Crippen LogP contribution in [0.15, 0.2) is 18.6 Å². The fourth-order valence-corrected chi connectivity index (χ4v) is 2.85. The minimum absolute atomic E-state index is 0.174. The van der Waals surface area contributed by atoms with Gasteiger partial charge in [0.25, 0.3) is 0 Å². The minimum atomic E-state index is -0.738. The SMILES string of the molecule is CN(c1ccncn1)C1(CC(=O)O)CCCCC1. The number of carbonyl (C=O) groups is 1. The van der Waals surface area contributed by atoms with E-state index < -0.39 is 5.97 Å². The molecule has 18 heavy (non-hydrogen) atoms. The molecule has 1 saturated carbocycles. The van der Waals surface area contributed by atoms with Gasteiger partial charge in [-0.05, 0) is 18.9 Å². The van der Waals surface area contributed by atoms with Gasteiger partial charge in [0.15, 0.2) is 0 Å². The fraction of sp³-hybridized carbons (Fsp3) is 0.615. The van der Waals surface area contributed by atoms with E-state index in [0.717, 1.165) is 31.5 Å². The predicted octanol–water partition coefficient (Wildman–Crippen LogP) is 2.09. The van der Waals surface area contributed by atoms with Crippen LogP contribution in [-0.2, 0) is 4.79 Å². The Hall–Kier alpha value is -1.65. The van der Waals surface area contributed by atoms with Crippen LogP contribution in [0.3, 0.4) is 0 Å².